The Morgan fingerprint density at radius 3 is 2.83 bits per heavy atom. The van der Waals surface area contributed by atoms with E-state index >= 15 is 0 Å². The van der Waals surface area contributed by atoms with Gasteiger partial charge in [0.15, 0.2) is 0 Å². The minimum Gasteiger partial charge on any atom is -0.352 e. The minimum absolute atomic E-state index is 0.210. The third-order valence-corrected chi connectivity index (χ3v) is 4.11. The molecule has 0 aromatic carbocycles. The van der Waals surface area contributed by atoms with Crippen LogP contribution < -0.4 is 10.6 Å². The Bertz CT molecular complexity index is 276. The Hall–Kier alpha value is -0.610. The molecule has 2 rings (SSSR count). The van der Waals surface area contributed by atoms with Crippen molar-refractivity contribution in [2.75, 3.05) is 26.2 Å². The zero-order valence-electron chi connectivity index (χ0n) is 11.7. The Kier molecular flexibility index (Phi) is 5.01. The molecule has 0 aliphatic carbocycles. The lowest BCUT2D eigenvalue weighted by molar-refractivity contribution is -0.126. The fourth-order valence-corrected chi connectivity index (χ4v) is 3.13. The van der Waals surface area contributed by atoms with E-state index in [1.54, 1.807) is 0 Å². The van der Waals surface area contributed by atoms with Crippen LogP contribution in [0.1, 0.15) is 39.5 Å². The van der Waals surface area contributed by atoms with Gasteiger partial charge in [0.25, 0.3) is 0 Å². The molecule has 3 unspecified atom stereocenters. The first-order chi connectivity index (χ1) is 8.65. The standard InChI is InChI=1S/C14H27N3O/c1-11-9-13(5-6-15-11)14(18)16-12(2)10-17-7-3-4-8-17/h11-13,15H,3-10H2,1-2H3,(H,16,18). The number of hydrogen-bond donors (Lipinski definition) is 2. The Morgan fingerprint density at radius 1 is 1.44 bits per heavy atom. The van der Waals surface area contributed by atoms with Crippen LogP contribution >= 0.6 is 0 Å². The van der Waals surface area contributed by atoms with Crippen molar-refractivity contribution in [3.8, 4) is 0 Å². The summed E-state index contributed by atoms with van der Waals surface area (Å²) in [5.74, 6) is 0.470. The van der Waals surface area contributed by atoms with Crippen molar-refractivity contribution < 1.29 is 4.79 Å². The largest absolute Gasteiger partial charge is 0.352 e. The van der Waals surface area contributed by atoms with Crippen LogP contribution in [0.4, 0.5) is 0 Å². The number of hydrogen-bond acceptors (Lipinski definition) is 3. The molecule has 2 saturated heterocycles. The van der Waals surface area contributed by atoms with Crippen molar-refractivity contribution in [3.63, 3.8) is 0 Å². The van der Waals surface area contributed by atoms with Gasteiger partial charge < -0.3 is 15.5 Å². The number of rotatable bonds is 4. The first-order valence-electron chi connectivity index (χ1n) is 7.41. The lowest BCUT2D eigenvalue weighted by Gasteiger charge is -2.29. The van der Waals surface area contributed by atoms with Crippen LogP contribution in [0.5, 0.6) is 0 Å². The molecular formula is C14H27N3O. The van der Waals surface area contributed by atoms with Crippen LogP contribution in [0.2, 0.25) is 0 Å². The molecule has 3 atom stereocenters. The molecular weight excluding hydrogens is 226 g/mol. The van der Waals surface area contributed by atoms with Crippen molar-refractivity contribution in [1.29, 1.82) is 0 Å². The van der Waals surface area contributed by atoms with Crippen LogP contribution in [-0.2, 0) is 4.79 Å². The molecule has 2 fully saturated rings. The van der Waals surface area contributed by atoms with E-state index in [1.807, 2.05) is 0 Å². The summed E-state index contributed by atoms with van der Waals surface area (Å²) in [6.07, 6.45) is 4.58. The van der Waals surface area contributed by atoms with E-state index < -0.39 is 0 Å². The van der Waals surface area contributed by atoms with Crippen LogP contribution in [0, 0.1) is 5.92 Å². The summed E-state index contributed by atoms with van der Waals surface area (Å²) >= 11 is 0. The van der Waals surface area contributed by atoms with Crippen LogP contribution in [0.15, 0.2) is 0 Å². The van der Waals surface area contributed by atoms with Gasteiger partial charge in [0.2, 0.25) is 5.91 Å². The van der Waals surface area contributed by atoms with Crippen LogP contribution in [-0.4, -0.2) is 49.1 Å². The summed E-state index contributed by atoms with van der Waals surface area (Å²) in [7, 11) is 0. The first-order valence-corrected chi connectivity index (χ1v) is 7.41. The average molecular weight is 253 g/mol. The van der Waals surface area contributed by atoms with Gasteiger partial charge in [-0.2, -0.15) is 0 Å². The van der Waals surface area contributed by atoms with E-state index in [2.05, 4.69) is 29.4 Å². The van der Waals surface area contributed by atoms with Gasteiger partial charge in [0.05, 0.1) is 0 Å². The second-order valence-corrected chi connectivity index (χ2v) is 5.99. The Morgan fingerprint density at radius 2 is 2.17 bits per heavy atom. The topological polar surface area (TPSA) is 44.4 Å². The number of amides is 1. The summed E-state index contributed by atoms with van der Waals surface area (Å²) in [4.78, 5) is 14.6. The highest BCUT2D eigenvalue weighted by Crippen LogP contribution is 2.16. The van der Waals surface area contributed by atoms with Gasteiger partial charge in [-0.3, -0.25) is 4.79 Å². The molecule has 1 amide bonds. The Labute approximate surface area is 110 Å². The van der Waals surface area contributed by atoms with Gasteiger partial charge in [-0.15, -0.1) is 0 Å². The molecule has 2 aliphatic rings. The molecule has 4 nitrogen and oxygen atoms in total. The van der Waals surface area contributed by atoms with Gasteiger partial charge in [0.1, 0.15) is 0 Å². The fourth-order valence-electron chi connectivity index (χ4n) is 3.13. The summed E-state index contributed by atoms with van der Waals surface area (Å²) in [6, 6.07) is 0.754. The maximum absolute atomic E-state index is 12.2. The summed E-state index contributed by atoms with van der Waals surface area (Å²) < 4.78 is 0. The van der Waals surface area contributed by atoms with Crippen molar-refractivity contribution in [3.05, 3.63) is 0 Å². The Balaban J connectivity index is 1.72. The molecule has 18 heavy (non-hydrogen) atoms. The number of carbonyl (C=O) groups is 1. The number of nitrogens with one attached hydrogen (secondary N) is 2. The van der Waals surface area contributed by atoms with Gasteiger partial charge >= 0.3 is 0 Å². The minimum atomic E-state index is 0.210. The second kappa shape index (κ2) is 6.53. The average Bonchev–Trinajstić information content (AvgIpc) is 2.81. The number of likely N-dealkylation sites (tertiary alicyclic amines) is 1. The molecule has 2 aliphatic heterocycles. The molecule has 2 N–H and O–H groups in total. The van der Waals surface area contributed by atoms with Crippen molar-refractivity contribution >= 4 is 5.91 Å². The van der Waals surface area contributed by atoms with E-state index in [-0.39, 0.29) is 17.9 Å². The maximum atomic E-state index is 12.2. The van der Waals surface area contributed by atoms with Gasteiger partial charge in [0, 0.05) is 24.5 Å². The summed E-state index contributed by atoms with van der Waals surface area (Å²) in [5.41, 5.74) is 0. The number of nitrogens with zero attached hydrogens (tertiary/aromatic N) is 1. The third-order valence-electron chi connectivity index (χ3n) is 4.11. The zero-order chi connectivity index (χ0) is 13.0. The van der Waals surface area contributed by atoms with E-state index in [1.165, 1.54) is 25.9 Å². The maximum Gasteiger partial charge on any atom is 0.223 e. The monoisotopic (exact) mass is 253 g/mol. The molecule has 0 aromatic heterocycles. The molecule has 0 radical (unpaired) electrons. The second-order valence-electron chi connectivity index (χ2n) is 5.99. The molecule has 0 aromatic rings. The smallest absolute Gasteiger partial charge is 0.223 e. The van der Waals surface area contributed by atoms with E-state index in [9.17, 15) is 4.79 Å². The molecule has 2 heterocycles. The van der Waals surface area contributed by atoms with Crippen LogP contribution in [0.3, 0.4) is 0 Å². The first kappa shape index (κ1) is 13.8. The van der Waals surface area contributed by atoms with E-state index in [0.717, 1.165) is 25.9 Å². The third kappa shape index (κ3) is 3.95. The number of piperidine rings is 1. The highest BCUT2D eigenvalue weighted by atomic mass is 16.1. The molecule has 0 spiro atoms. The van der Waals surface area contributed by atoms with Gasteiger partial charge in [-0.1, -0.05) is 0 Å². The van der Waals surface area contributed by atoms with Crippen molar-refractivity contribution in [2.24, 2.45) is 5.92 Å². The van der Waals surface area contributed by atoms with Crippen molar-refractivity contribution in [1.82, 2.24) is 15.5 Å². The molecule has 4 heteroatoms. The normalized spacial score (nSPS) is 31.2. The number of carbonyl (C=O) groups excluding carboxylic acids is 1. The summed E-state index contributed by atoms with van der Waals surface area (Å²) in [5, 5.41) is 6.58. The predicted molar refractivity (Wildman–Crippen MR) is 73.5 cm³/mol. The molecule has 0 saturated carbocycles. The van der Waals surface area contributed by atoms with Gasteiger partial charge in [-0.05, 0) is 59.2 Å². The zero-order valence-corrected chi connectivity index (χ0v) is 11.7. The SMILES string of the molecule is CC1CC(C(=O)NC(C)CN2CCCC2)CCN1. The lowest BCUT2D eigenvalue weighted by Crippen LogP contribution is -2.47. The highest BCUT2D eigenvalue weighted by Gasteiger charge is 2.26. The predicted octanol–water partition coefficient (Wildman–Crippen LogP) is 0.975. The quantitative estimate of drug-likeness (QED) is 0.785. The summed E-state index contributed by atoms with van der Waals surface area (Å²) in [6.45, 7) is 8.66. The van der Waals surface area contributed by atoms with Gasteiger partial charge in [-0.25, -0.2) is 0 Å². The highest BCUT2D eigenvalue weighted by molar-refractivity contribution is 5.79. The van der Waals surface area contributed by atoms with E-state index in [4.69, 9.17) is 0 Å². The van der Waals surface area contributed by atoms with Crippen LogP contribution in [0.25, 0.3) is 0 Å². The molecule has 0 bridgehead atoms. The molecule has 104 valence electrons. The van der Waals surface area contributed by atoms with Crippen molar-refractivity contribution in [2.45, 2.75) is 51.6 Å². The lowest BCUT2D eigenvalue weighted by atomic mass is 9.92. The van der Waals surface area contributed by atoms with E-state index in [0.29, 0.717) is 6.04 Å². The fraction of sp³-hybridized carbons (Fsp3) is 0.929.